The molecule has 2 rings (SSSR count). The third kappa shape index (κ3) is 6.31. The standard InChI is InChI=1S/C21H33N5O/c1-4-22-21(24-15-12-20(27)25(5-2)6-3)23-14-9-16-26-17-13-18-10-7-8-11-19(18)26/h7-8,10-11,13,17H,4-6,9,12,14-16H2,1-3H3,(H2,22,23,24). The van der Waals surface area contributed by atoms with E-state index in [1.54, 1.807) is 0 Å². The lowest BCUT2D eigenvalue weighted by Gasteiger charge is -2.19. The van der Waals surface area contributed by atoms with Crippen molar-refractivity contribution in [1.82, 2.24) is 20.1 Å². The van der Waals surface area contributed by atoms with Gasteiger partial charge in [-0.25, -0.2) is 0 Å². The van der Waals surface area contributed by atoms with Gasteiger partial charge in [-0.1, -0.05) is 18.2 Å². The zero-order chi connectivity index (χ0) is 19.5. The van der Waals surface area contributed by atoms with Gasteiger partial charge in [-0.15, -0.1) is 0 Å². The first-order valence-electron chi connectivity index (χ1n) is 10.0. The normalized spacial score (nSPS) is 11.6. The summed E-state index contributed by atoms with van der Waals surface area (Å²) in [7, 11) is 0. The molecular formula is C21H33N5O. The van der Waals surface area contributed by atoms with Crippen LogP contribution in [0, 0.1) is 0 Å². The van der Waals surface area contributed by atoms with Gasteiger partial charge in [0.15, 0.2) is 5.96 Å². The Kier molecular flexibility index (Phi) is 8.68. The molecule has 6 nitrogen and oxygen atoms in total. The molecule has 0 aliphatic rings. The lowest BCUT2D eigenvalue weighted by atomic mass is 10.2. The topological polar surface area (TPSA) is 61.7 Å². The molecule has 1 aromatic carbocycles. The maximum Gasteiger partial charge on any atom is 0.224 e. The Bertz CT molecular complexity index is 733. The van der Waals surface area contributed by atoms with Crippen molar-refractivity contribution in [2.24, 2.45) is 4.99 Å². The Morgan fingerprint density at radius 1 is 1.11 bits per heavy atom. The van der Waals surface area contributed by atoms with Gasteiger partial charge in [0.05, 0.1) is 0 Å². The lowest BCUT2D eigenvalue weighted by molar-refractivity contribution is -0.130. The minimum Gasteiger partial charge on any atom is -0.357 e. The van der Waals surface area contributed by atoms with E-state index in [0.29, 0.717) is 13.0 Å². The Labute approximate surface area is 162 Å². The molecule has 1 aromatic heterocycles. The lowest BCUT2D eigenvalue weighted by Crippen LogP contribution is -2.40. The zero-order valence-electron chi connectivity index (χ0n) is 16.9. The summed E-state index contributed by atoms with van der Waals surface area (Å²) in [4.78, 5) is 18.6. The van der Waals surface area contributed by atoms with Crippen LogP contribution in [0.3, 0.4) is 0 Å². The van der Waals surface area contributed by atoms with Crippen LogP contribution in [0.1, 0.15) is 33.6 Å². The fourth-order valence-corrected chi connectivity index (χ4v) is 3.13. The monoisotopic (exact) mass is 371 g/mol. The van der Waals surface area contributed by atoms with Gasteiger partial charge >= 0.3 is 0 Å². The number of fused-ring (bicyclic) bond motifs is 1. The van der Waals surface area contributed by atoms with Gasteiger partial charge in [0.25, 0.3) is 0 Å². The number of amides is 1. The van der Waals surface area contributed by atoms with Gasteiger partial charge in [-0.05, 0) is 44.7 Å². The van der Waals surface area contributed by atoms with E-state index in [-0.39, 0.29) is 5.91 Å². The number of carbonyl (C=O) groups excluding carboxylic acids is 1. The van der Waals surface area contributed by atoms with Crippen molar-refractivity contribution in [1.29, 1.82) is 0 Å². The van der Waals surface area contributed by atoms with E-state index in [4.69, 9.17) is 0 Å². The van der Waals surface area contributed by atoms with E-state index in [9.17, 15) is 4.79 Å². The van der Waals surface area contributed by atoms with Crippen molar-refractivity contribution < 1.29 is 4.79 Å². The van der Waals surface area contributed by atoms with Crippen LogP contribution >= 0.6 is 0 Å². The first kappa shape index (κ1) is 20.8. The van der Waals surface area contributed by atoms with Crippen LogP contribution in [0.25, 0.3) is 10.9 Å². The maximum absolute atomic E-state index is 12.1. The highest BCUT2D eigenvalue weighted by atomic mass is 16.2. The van der Waals surface area contributed by atoms with Crippen LogP contribution in [0.5, 0.6) is 0 Å². The molecule has 0 unspecified atom stereocenters. The Morgan fingerprint density at radius 2 is 1.89 bits per heavy atom. The van der Waals surface area contributed by atoms with Crippen LogP contribution in [0.2, 0.25) is 0 Å². The molecule has 1 amide bonds. The molecule has 0 spiro atoms. The average molecular weight is 372 g/mol. The Balaban J connectivity index is 1.78. The third-order valence-corrected chi connectivity index (χ3v) is 4.60. The van der Waals surface area contributed by atoms with E-state index >= 15 is 0 Å². The van der Waals surface area contributed by atoms with E-state index in [1.807, 2.05) is 25.7 Å². The molecule has 0 saturated heterocycles. The Morgan fingerprint density at radius 3 is 2.63 bits per heavy atom. The first-order chi connectivity index (χ1) is 13.2. The highest BCUT2D eigenvalue weighted by molar-refractivity contribution is 5.81. The van der Waals surface area contributed by atoms with Crippen molar-refractivity contribution in [3.63, 3.8) is 0 Å². The number of aliphatic imine (C=N–C) groups is 1. The fourth-order valence-electron chi connectivity index (χ4n) is 3.13. The molecule has 0 atom stereocenters. The Hall–Kier alpha value is -2.50. The summed E-state index contributed by atoms with van der Waals surface area (Å²) in [6.07, 6.45) is 3.59. The van der Waals surface area contributed by atoms with Crippen LogP contribution < -0.4 is 10.6 Å². The number of hydrogen-bond acceptors (Lipinski definition) is 2. The van der Waals surface area contributed by atoms with Gasteiger partial charge in [-0.3, -0.25) is 9.79 Å². The number of nitrogens with zero attached hydrogens (tertiary/aromatic N) is 3. The summed E-state index contributed by atoms with van der Waals surface area (Å²) >= 11 is 0. The highest BCUT2D eigenvalue weighted by Gasteiger charge is 2.09. The van der Waals surface area contributed by atoms with Crippen molar-refractivity contribution in [2.45, 2.75) is 40.2 Å². The van der Waals surface area contributed by atoms with Crippen molar-refractivity contribution in [2.75, 3.05) is 32.7 Å². The number of benzene rings is 1. The van der Waals surface area contributed by atoms with Crippen LogP contribution in [-0.4, -0.2) is 54.1 Å². The van der Waals surface area contributed by atoms with Gasteiger partial charge in [-0.2, -0.15) is 0 Å². The number of rotatable bonds is 10. The van der Waals surface area contributed by atoms with Gasteiger partial charge in [0.2, 0.25) is 5.91 Å². The van der Waals surface area contributed by atoms with E-state index in [1.165, 1.54) is 10.9 Å². The molecule has 0 radical (unpaired) electrons. The summed E-state index contributed by atoms with van der Waals surface area (Å²) in [5, 5.41) is 7.78. The van der Waals surface area contributed by atoms with Crippen molar-refractivity contribution in [3.8, 4) is 0 Å². The number of aromatic nitrogens is 1. The molecule has 148 valence electrons. The summed E-state index contributed by atoms with van der Waals surface area (Å²) in [5.41, 5.74) is 1.27. The number of carbonyl (C=O) groups is 1. The van der Waals surface area contributed by atoms with E-state index in [0.717, 1.165) is 45.1 Å². The second kappa shape index (κ2) is 11.3. The second-order valence-electron chi connectivity index (χ2n) is 6.42. The molecule has 1 heterocycles. The number of para-hydroxylation sites is 1. The van der Waals surface area contributed by atoms with Gasteiger partial charge in [0.1, 0.15) is 0 Å². The summed E-state index contributed by atoms with van der Waals surface area (Å²) in [6.45, 7) is 10.7. The highest BCUT2D eigenvalue weighted by Crippen LogP contribution is 2.15. The molecular weight excluding hydrogens is 338 g/mol. The summed E-state index contributed by atoms with van der Waals surface area (Å²) < 4.78 is 2.27. The smallest absolute Gasteiger partial charge is 0.224 e. The molecule has 0 aliphatic carbocycles. The molecule has 6 heteroatoms. The van der Waals surface area contributed by atoms with E-state index in [2.05, 4.69) is 56.7 Å². The van der Waals surface area contributed by atoms with Crippen molar-refractivity contribution >= 4 is 22.8 Å². The first-order valence-corrected chi connectivity index (χ1v) is 10.0. The zero-order valence-corrected chi connectivity index (χ0v) is 16.9. The molecule has 2 N–H and O–H groups in total. The molecule has 27 heavy (non-hydrogen) atoms. The minimum atomic E-state index is 0.183. The minimum absolute atomic E-state index is 0.183. The van der Waals surface area contributed by atoms with Crippen LogP contribution in [-0.2, 0) is 11.3 Å². The summed E-state index contributed by atoms with van der Waals surface area (Å²) in [5.74, 6) is 0.963. The number of hydrogen-bond donors (Lipinski definition) is 2. The predicted octanol–water partition coefficient (Wildman–Crippen LogP) is 2.85. The van der Waals surface area contributed by atoms with Crippen LogP contribution in [0.4, 0.5) is 0 Å². The van der Waals surface area contributed by atoms with Gasteiger partial charge in [0, 0.05) is 57.4 Å². The molecule has 0 aliphatic heterocycles. The largest absolute Gasteiger partial charge is 0.357 e. The van der Waals surface area contributed by atoms with Gasteiger partial charge < -0.3 is 20.1 Å². The van der Waals surface area contributed by atoms with E-state index < -0.39 is 0 Å². The van der Waals surface area contributed by atoms with Crippen molar-refractivity contribution in [3.05, 3.63) is 36.5 Å². The number of aryl methyl sites for hydroxylation is 1. The quantitative estimate of drug-likeness (QED) is 0.383. The molecule has 2 aromatic rings. The average Bonchev–Trinajstić information content (AvgIpc) is 3.09. The molecule has 0 saturated carbocycles. The SMILES string of the molecule is CCNC(=NCCCn1ccc2ccccc21)NCCC(=O)N(CC)CC. The van der Waals surface area contributed by atoms with Crippen LogP contribution in [0.15, 0.2) is 41.5 Å². The second-order valence-corrected chi connectivity index (χ2v) is 6.42. The summed E-state index contributed by atoms with van der Waals surface area (Å²) in [6, 6.07) is 10.6. The fraction of sp³-hybridized carbons (Fsp3) is 0.524. The molecule has 0 bridgehead atoms. The number of guanidine groups is 1. The maximum atomic E-state index is 12.1. The number of nitrogens with one attached hydrogen (secondary N) is 2. The third-order valence-electron chi connectivity index (χ3n) is 4.60. The molecule has 0 fully saturated rings. The predicted molar refractivity (Wildman–Crippen MR) is 113 cm³/mol.